The lowest BCUT2D eigenvalue weighted by Gasteiger charge is -2.23. The standard InChI is InChI=1S/C13H26N2O/c1-12(2)6-9-15-8-4-5-13(15)11-14-7-10-16-3/h6,13-14H,4-5,7-11H2,1-3H3. The normalized spacial score (nSPS) is 21.3. The SMILES string of the molecule is COCCNCC1CCCN1CC=C(C)C. The Hall–Kier alpha value is -0.380. The Labute approximate surface area is 99.8 Å². The highest BCUT2D eigenvalue weighted by Gasteiger charge is 2.22. The highest BCUT2D eigenvalue weighted by molar-refractivity contribution is 4.97. The van der Waals surface area contributed by atoms with Crippen LogP contribution in [0.5, 0.6) is 0 Å². The molecule has 0 aromatic rings. The van der Waals surface area contributed by atoms with Gasteiger partial charge >= 0.3 is 0 Å². The Morgan fingerprint density at radius 1 is 1.50 bits per heavy atom. The molecule has 94 valence electrons. The second-order valence-electron chi connectivity index (χ2n) is 4.77. The summed E-state index contributed by atoms with van der Waals surface area (Å²) in [6.45, 7) is 9.56. The molecule has 1 fully saturated rings. The Balaban J connectivity index is 2.21. The summed E-state index contributed by atoms with van der Waals surface area (Å²) in [5.74, 6) is 0. The van der Waals surface area contributed by atoms with Gasteiger partial charge < -0.3 is 10.1 Å². The lowest BCUT2D eigenvalue weighted by Crippen LogP contribution is -2.39. The average Bonchev–Trinajstić information content (AvgIpc) is 2.69. The van der Waals surface area contributed by atoms with Crippen molar-refractivity contribution >= 4 is 0 Å². The van der Waals surface area contributed by atoms with Crippen LogP contribution in [0.4, 0.5) is 0 Å². The largest absolute Gasteiger partial charge is 0.383 e. The molecule has 0 saturated carbocycles. The van der Waals surface area contributed by atoms with E-state index in [2.05, 4.69) is 30.1 Å². The smallest absolute Gasteiger partial charge is 0.0587 e. The van der Waals surface area contributed by atoms with E-state index in [9.17, 15) is 0 Å². The van der Waals surface area contributed by atoms with Gasteiger partial charge in [-0.15, -0.1) is 0 Å². The van der Waals surface area contributed by atoms with Crippen molar-refractivity contribution in [2.45, 2.75) is 32.7 Å². The van der Waals surface area contributed by atoms with Gasteiger partial charge in [-0.2, -0.15) is 0 Å². The summed E-state index contributed by atoms with van der Waals surface area (Å²) in [7, 11) is 1.75. The van der Waals surface area contributed by atoms with Crippen LogP contribution in [0, 0.1) is 0 Å². The van der Waals surface area contributed by atoms with Crippen LogP contribution in [-0.2, 0) is 4.74 Å². The number of hydrogen-bond donors (Lipinski definition) is 1. The van der Waals surface area contributed by atoms with Crippen molar-refractivity contribution in [2.24, 2.45) is 0 Å². The Kier molecular flexibility index (Phi) is 6.69. The van der Waals surface area contributed by atoms with E-state index in [1.54, 1.807) is 7.11 Å². The molecule has 0 amide bonds. The van der Waals surface area contributed by atoms with Gasteiger partial charge in [0.05, 0.1) is 6.61 Å². The number of ether oxygens (including phenoxy) is 1. The Morgan fingerprint density at radius 3 is 3.00 bits per heavy atom. The topological polar surface area (TPSA) is 24.5 Å². The monoisotopic (exact) mass is 226 g/mol. The van der Waals surface area contributed by atoms with E-state index >= 15 is 0 Å². The number of hydrogen-bond acceptors (Lipinski definition) is 3. The van der Waals surface area contributed by atoms with E-state index in [1.165, 1.54) is 25.0 Å². The van der Waals surface area contributed by atoms with E-state index in [4.69, 9.17) is 4.74 Å². The summed E-state index contributed by atoms with van der Waals surface area (Å²) in [5.41, 5.74) is 1.41. The molecule has 1 N–H and O–H groups in total. The summed E-state index contributed by atoms with van der Waals surface area (Å²) in [4.78, 5) is 2.58. The molecule has 0 radical (unpaired) electrons. The van der Waals surface area contributed by atoms with Gasteiger partial charge in [-0.1, -0.05) is 11.6 Å². The van der Waals surface area contributed by atoms with Crippen LogP contribution in [0.1, 0.15) is 26.7 Å². The molecule has 1 atom stereocenters. The maximum Gasteiger partial charge on any atom is 0.0587 e. The van der Waals surface area contributed by atoms with Crippen molar-refractivity contribution in [2.75, 3.05) is 39.9 Å². The molecule has 16 heavy (non-hydrogen) atoms. The van der Waals surface area contributed by atoms with E-state index in [-0.39, 0.29) is 0 Å². The molecular formula is C13H26N2O. The van der Waals surface area contributed by atoms with Crippen LogP contribution in [0.3, 0.4) is 0 Å². The molecule has 3 nitrogen and oxygen atoms in total. The van der Waals surface area contributed by atoms with Crippen molar-refractivity contribution in [1.82, 2.24) is 10.2 Å². The Bertz CT molecular complexity index is 212. The van der Waals surface area contributed by atoms with Crippen molar-refractivity contribution in [1.29, 1.82) is 0 Å². The maximum absolute atomic E-state index is 5.03. The van der Waals surface area contributed by atoms with Gasteiger partial charge in [-0.3, -0.25) is 4.90 Å². The fraction of sp³-hybridized carbons (Fsp3) is 0.846. The van der Waals surface area contributed by atoms with Gasteiger partial charge in [-0.05, 0) is 33.2 Å². The minimum atomic E-state index is 0.715. The zero-order valence-corrected chi connectivity index (χ0v) is 11.0. The molecule has 0 spiro atoms. The molecule has 1 aliphatic rings. The molecule has 1 rings (SSSR count). The first kappa shape index (κ1) is 13.7. The molecule has 0 aromatic heterocycles. The van der Waals surface area contributed by atoms with Crippen LogP contribution >= 0.6 is 0 Å². The van der Waals surface area contributed by atoms with E-state index in [0.29, 0.717) is 6.04 Å². The molecule has 0 bridgehead atoms. The zero-order chi connectivity index (χ0) is 11.8. The maximum atomic E-state index is 5.03. The van der Waals surface area contributed by atoms with Gasteiger partial charge in [-0.25, -0.2) is 0 Å². The van der Waals surface area contributed by atoms with Crippen molar-refractivity contribution in [3.8, 4) is 0 Å². The lowest BCUT2D eigenvalue weighted by molar-refractivity contribution is 0.194. The first-order chi connectivity index (χ1) is 7.74. The average molecular weight is 226 g/mol. The van der Waals surface area contributed by atoms with E-state index in [0.717, 1.165) is 26.2 Å². The first-order valence-corrected chi connectivity index (χ1v) is 6.31. The number of rotatable bonds is 7. The first-order valence-electron chi connectivity index (χ1n) is 6.31. The van der Waals surface area contributed by atoms with Crippen LogP contribution in [0.25, 0.3) is 0 Å². The summed E-state index contributed by atoms with van der Waals surface area (Å²) in [5, 5.41) is 3.46. The van der Waals surface area contributed by atoms with Crippen molar-refractivity contribution in [3.63, 3.8) is 0 Å². The number of allylic oxidation sites excluding steroid dienone is 1. The number of nitrogens with one attached hydrogen (secondary N) is 1. The van der Waals surface area contributed by atoms with Crippen LogP contribution < -0.4 is 5.32 Å². The molecule has 0 aromatic carbocycles. The van der Waals surface area contributed by atoms with Crippen LogP contribution in [-0.4, -0.2) is 50.8 Å². The van der Waals surface area contributed by atoms with Crippen LogP contribution in [0.2, 0.25) is 0 Å². The summed E-state index contributed by atoms with van der Waals surface area (Å²) in [6.07, 6.45) is 5.00. The fourth-order valence-corrected chi connectivity index (χ4v) is 2.11. The summed E-state index contributed by atoms with van der Waals surface area (Å²) < 4.78 is 5.03. The molecule has 1 aliphatic heterocycles. The fourth-order valence-electron chi connectivity index (χ4n) is 2.11. The van der Waals surface area contributed by atoms with Gasteiger partial charge in [0.25, 0.3) is 0 Å². The third-order valence-electron chi connectivity index (χ3n) is 3.10. The lowest BCUT2D eigenvalue weighted by atomic mass is 10.2. The zero-order valence-electron chi connectivity index (χ0n) is 11.0. The van der Waals surface area contributed by atoms with Crippen molar-refractivity contribution < 1.29 is 4.74 Å². The van der Waals surface area contributed by atoms with Gasteiger partial charge in [0.15, 0.2) is 0 Å². The minimum Gasteiger partial charge on any atom is -0.383 e. The summed E-state index contributed by atoms with van der Waals surface area (Å²) in [6, 6.07) is 0.715. The molecule has 1 saturated heterocycles. The Morgan fingerprint density at radius 2 is 2.31 bits per heavy atom. The number of methoxy groups -OCH3 is 1. The molecule has 0 aliphatic carbocycles. The van der Waals surface area contributed by atoms with Crippen LogP contribution in [0.15, 0.2) is 11.6 Å². The highest BCUT2D eigenvalue weighted by atomic mass is 16.5. The minimum absolute atomic E-state index is 0.715. The van der Waals surface area contributed by atoms with Gasteiger partial charge in [0.2, 0.25) is 0 Å². The van der Waals surface area contributed by atoms with E-state index < -0.39 is 0 Å². The molecule has 1 unspecified atom stereocenters. The third-order valence-corrected chi connectivity index (χ3v) is 3.10. The van der Waals surface area contributed by atoms with E-state index in [1.807, 2.05) is 0 Å². The van der Waals surface area contributed by atoms with Crippen molar-refractivity contribution in [3.05, 3.63) is 11.6 Å². The second-order valence-corrected chi connectivity index (χ2v) is 4.77. The second kappa shape index (κ2) is 7.82. The van der Waals surface area contributed by atoms with Gasteiger partial charge in [0, 0.05) is 32.8 Å². The highest BCUT2D eigenvalue weighted by Crippen LogP contribution is 2.16. The molecular weight excluding hydrogens is 200 g/mol. The number of nitrogens with zero attached hydrogens (tertiary/aromatic N) is 1. The molecule has 3 heteroatoms. The predicted octanol–water partition coefficient (Wildman–Crippen LogP) is 1.65. The number of likely N-dealkylation sites (tertiary alicyclic amines) is 1. The summed E-state index contributed by atoms with van der Waals surface area (Å²) >= 11 is 0. The predicted molar refractivity (Wildman–Crippen MR) is 68.8 cm³/mol. The van der Waals surface area contributed by atoms with Gasteiger partial charge in [0.1, 0.15) is 0 Å². The quantitative estimate of drug-likeness (QED) is 0.528. The molecule has 1 heterocycles. The third kappa shape index (κ3) is 5.10.